The number of carbonyl (C=O) groups excluding carboxylic acids is 2. The molecule has 0 radical (unpaired) electrons. The Balaban J connectivity index is 2.29. The van der Waals surface area contributed by atoms with Crippen molar-refractivity contribution in [2.75, 3.05) is 10.6 Å². The predicted octanol–water partition coefficient (Wildman–Crippen LogP) is 5.60. The number of hydrogen-bond donors (Lipinski definition) is 4. The average molecular weight is 440 g/mol. The summed E-state index contributed by atoms with van der Waals surface area (Å²) in [5.74, 6) is -1.95. The van der Waals surface area contributed by atoms with Crippen LogP contribution < -0.4 is 10.6 Å². The van der Waals surface area contributed by atoms with Crippen molar-refractivity contribution in [2.45, 2.75) is 6.92 Å². The van der Waals surface area contributed by atoms with Crippen molar-refractivity contribution in [2.24, 2.45) is 0 Å². The lowest BCUT2D eigenvalue weighted by molar-refractivity contribution is 0.0975. The van der Waals surface area contributed by atoms with Crippen LogP contribution in [0.3, 0.4) is 0 Å². The molecule has 0 bridgehead atoms. The summed E-state index contributed by atoms with van der Waals surface area (Å²) < 4.78 is 0. The number of benzene rings is 2. The van der Waals surface area contributed by atoms with Crippen LogP contribution in [0.5, 0.6) is 11.5 Å². The van der Waals surface area contributed by atoms with E-state index in [4.69, 9.17) is 0 Å². The van der Waals surface area contributed by atoms with Gasteiger partial charge in [0.2, 0.25) is 11.6 Å². The normalized spacial score (nSPS) is 13.4. The third-order valence-electron chi connectivity index (χ3n) is 5.07. The zero-order valence-electron chi connectivity index (χ0n) is 18.2. The highest BCUT2D eigenvalue weighted by molar-refractivity contribution is 6.33. The largest absolute Gasteiger partial charge is 0.507 e. The van der Waals surface area contributed by atoms with Gasteiger partial charge in [-0.3, -0.25) is 9.59 Å². The van der Waals surface area contributed by atoms with E-state index in [9.17, 15) is 19.8 Å². The molecule has 33 heavy (non-hydrogen) atoms. The molecule has 4 N–H and O–H groups in total. The second-order valence-corrected chi connectivity index (χ2v) is 7.07. The molecule has 0 saturated heterocycles. The maximum Gasteiger partial charge on any atom is 0.200 e. The van der Waals surface area contributed by atoms with Crippen molar-refractivity contribution < 1.29 is 19.8 Å². The highest BCUT2D eigenvalue weighted by atomic mass is 16.3. The number of rotatable bonds is 8. The average Bonchev–Trinajstić information content (AvgIpc) is 2.81. The molecule has 0 heterocycles. The van der Waals surface area contributed by atoms with Crippen molar-refractivity contribution in [1.82, 2.24) is 0 Å². The third-order valence-corrected chi connectivity index (χ3v) is 5.07. The summed E-state index contributed by atoms with van der Waals surface area (Å²) in [5.41, 5.74) is 1.62. The molecule has 0 fully saturated rings. The fraction of sp³-hybridized carbons (Fsp3) is 0.0370. The molecule has 0 atom stereocenters. The number of ketones is 2. The first kappa shape index (κ1) is 23.1. The van der Waals surface area contributed by atoms with Crippen LogP contribution in [0.25, 0.3) is 0 Å². The Labute approximate surface area is 192 Å². The summed E-state index contributed by atoms with van der Waals surface area (Å²) in [6.45, 7) is 12.9. The molecule has 2 aromatic carbocycles. The van der Waals surface area contributed by atoms with Crippen LogP contribution in [0.1, 0.15) is 38.8 Å². The number of phenols is 2. The number of nitrogens with one attached hydrogen (secondary N) is 2. The van der Waals surface area contributed by atoms with Gasteiger partial charge >= 0.3 is 0 Å². The van der Waals surface area contributed by atoms with Gasteiger partial charge in [0.05, 0.1) is 33.6 Å². The fourth-order valence-electron chi connectivity index (χ4n) is 3.55. The molecule has 0 saturated carbocycles. The zero-order valence-corrected chi connectivity index (χ0v) is 18.2. The van der Waals surface area contributed by atoms with Gasteiger partial charge in [-0.05, 0) is 49.4 Å². The standard InChI is InChI=1S/C27H24N2O4/c1-5-9-11-17(8-4)29-19-13-12-18(28-16(7-3)10-6-2)22-23(19)27(33)25-21(31)15-14-20(30)24(25)26(22)32/h5-15,28-31H,1-3H2,4H3/b11-9-,16-10+,17-8+. The van der Waals surface area contributed by atoms with Crippen LogP contribution >= 0.6 is 0 Å². The Morgan fingerprint density at radius 3 is 1.73 bits per heavy atom. The molecule has 0 aliphatic heterocycles. The topological polar surface area (TPSA) is 98.7 Å². The van der Waals surface area contributed by atoms with Crippen LogP contribution in [0.4, 0.5) is 11.4 Å². The molecule has 2 aromatic rings. The van der Waals surface area contributed by atoms with Gasteiger partial charge in [-0.15, -0.1) is 0 Å². The SMILES string of the molecule is C=C/C=C\C(=C/C)Nc1ccc(N/C(C=C)=C/C=C)c2c1C(=O)c1c(O)ccc(O)c1C2=O. The van der Waals surface area contributed by atoms with E-state index >= 15 is 0 Å². The number of anilines is 2. The molecule has 0 aromatic heterocycles. The molecule has 1 aliphatic rings. The van der Waals surface area contributed by atoms with Gasteiger partial charge < -0.3 is 20.8 Å². The molecule has 0 amide bonds. The van der Waals surface area contributed by atoms with E-state index in [1.807, 2.05) is 6.92 Å². The van der Waals surface area contributed by atoms with Crippen LogP contribution in [-0.4, -0.2) is 21.8 Å². The van der Waals surface area contributed by atoms with Crippen molar-refractivity contribution in [3.05, 3.63) is 120 Å². The Kier molecular flexibility index (Phi) is 6.79. The second kappa shape index (κ2) is 9.70. The van der Waals surface area contributed by atoms with Gasteiger partial charge in [-0.2, -0.15) is 0 Å². The Hall–Kier alpha value is -4.58. The molecule has 6 heteroatoms. The summed E-state index contributed by atoms with van der Waals surface area (Å²) in [4.78, 5) is 27.1. The van der Waals surface area contributed by atoms with E-state index in [1.165, 1.54) is 12.1 Å². The zero-order chi connectivity index (χ0) is 24.1. The van der Waals surface area contributed by atoms with Crippen LogP contribution in [0.15, 0.2) is 97.9 Å². The van der Waals surface area contributed by atoms with Gasteiger partial charge in [-0.25, -0.2) is 0 Å². The summed E-state index contributed by atoms with van der Waals surface area (Å²) in [5, 5.41) is 27.0. The summed E-state index contributed by atoms with van der Waals surface area (Å²) in [6.07, 6.45) is 11.7. The Morgan fingerprint density at radius 2 is 1.30 bits per heavy atom. The van der Waals surface area contributed by atoms with Gasteiger partial charge in [0.1, 0.15) is 11.5 Å². The first-order valence-electron chi connectivity index (χ1n) is 10.1. The molecule has 166 valence electrons. The van der Waals surface area contributed by atoms with Crippen LogP contribution in [0, 0.1) is 0 Å². The van der Waals surface area contributed by atoms with Crippen LogP contribution in [-0.2, 0) is 0 Å². The molecule has 3 rings (SSSR count). The second-order valence-electron chi connectivity index (χ2n) is 7.07. The number of fused-ring (bicyclic) bond motifs is 2. The Morgan fingerprint density at radius 1 is 0.788 bits per heavy atom. The predicted molar refractivity (Wildman–Crippen MR) is 132 cm³/mol. The summed E-state index contributed by atoms with van der Waals surface area (Å²) in [7, 11) is 0. The summed E-state index contributed by atoms with van der Waals surface area (Å²) in [6, 6.07) is 5.69. The fourth-order valence-corrected chi connectivity index (χ4v) is 3.55. The highest BCUT2D eigenvalue weighted by Crippen LogP contribution is 2.42. The van der Waals surface area contributed by atoms with E-state index in [0.717, 1.165) is 0 Å². The Bertz CT molecular complexity index is 1280. The molecular weight excluding hydrogens is 416 g/mol. The van der Waals surface area contributed by atoms with Crippen molar-refractivity contribution >= 4 is 22.9 Å². The van der Waals surface area contributed by atoms with E-state index in [0.29, 0.717) is 22.8 Å². The minimum atomic E-state index is -0.593. The maximum absolute atomic E-state index is 13.6. The number of phenolic OH excluding ortho intramolecular Hbond substituents is 2. The lowest BCUT2D eigenvalue weighted by Gasteiger charge is -2.25. The van der Waals surface area contributed by atoms with E-state index < -0.39 is 11.6 Å². The third kappa shape index (κ3) is 4.27. The van der Waals surface area contributed by atoms with Gasteiger partial charge in [-0.1, -0.05) is 44.0 Å². The number of allylic oxidation sites excluding steroid dienone is 7. The van der Waals surface area contributed by atoms with Gasteiger partial charge in [0, 0.05) is 11.4 Å². The summed E-state index contributed by atoms with van der Waals surface area (Å²) >= 11 is 0. The number of carbonyl (C=O) groups is 2. The van der Waals surface area contributed by atoms with E-state index in [1.54, 1.807) is 54.7 Å². The monoisotopic (exact) mass is 440 g/mol. The number of hydrogen-bond acceptors (Lipinski definition) is 6. The van der Waals surface area contributed by atoms with Crippen LogP contribution in [0.2, 0.25) is 0 Å². The minimum absolute atomic E-state index is 0.0679. The van der Waals surface area contributed by atoms with Gasteiger partial charge in [0.15, 0.2) is 0 Å². The minimum Gasteiger partial charge on any atom is -0.507 e. The lowest BCUT2D eigenvalue weighted by atomic mass is 9.81. The van der Waals surface area contributed by atoms with Crippen molar-refractivity contribution in [3.8, 4) is 11.5 Å². The molecule has 6 nitrogen and oxygen atoms in total. The quantitative estimate of drug-likeness (QED) is 0.269. The molecule has 0 spiro atoms. The first-order valence-corrected chi connectivity index (χ1v) is 10.1. The van der Waals surface area contributed by atoms with Crippen molar-refractivity contribution in [3.63, 3.8) is 0 Å². The first-order chi connectivity index (χ1) is 15.9. The van der Waals surface area contributed by atoms with E-state index in [-0.39, 0.29) is 33.8 Å². The van der Waals surface area contributed by atoms with Gasteiger partial charge in [0.25, 0.3) is 0 Å². The highest BCUT2D eigenvalue weighted by Gasteiger charge is 2.38. The lowest BCUT2D eigenvalue weighted by Crippen LogP contribution is -2.24. The molecule has 0 unspecified atom stereocenters. The van der Waals surface area contributed by atoms with E-state index in [2.05, 4.69) is 30.4 Å². The van der Waals surface area contributed by atoms with Crippen molar-refractivity contribution in [1.29, 1.82) is 0 Å². The maximum atomic E-state index is 13.6. The number of aromatic hydroxyl groups is 2. The smallest absolute Gasteiger partial charge is 0.200 e. The molecular formula is C27H24N2O4. The molecule has 1 aliphatic carbocycles.